The molecule has 0 amide bonds. The van der Waals surface area contributed by atoms with Gasteiger partial charge < -0.3 is 33.9 Å². The molecule has 2 unspecified atom stereocenters. The first kappa shape index (κ1) is 47.4. The average Bonchev–Trinajstić information content (AvgIpc) is 3.58. The van der Waals surface area contributed by atoms with Crippen molar-refractivity contribution in [1.29, 1.82) is 5.26 Å². The van der Waals surface area contributed by atoms with Crippen molar-refractivity contribution in [2.75, 3.05) is 25.6 Å². The summed E-state index contributed by atoms with van der Waals surface area (Å²) in [7, 11) is -4.55. The molecule has 2 aromatic carbocycles. The minimum atomic E-state index is -4.55. The molecule has 2 saturated heterocycles. The van der Waals surface area contributed by atoms with Crippen molar-refractivity contribution in [3.05, 3.63) is 89.3 Å². The van der Waals surface area contributed by atoms with E-state index in [1.807, 2.05) is 30.3 Å². The van der Waals surface area contributed by atoms with E-state index < -0.39 is 49.2 Å². The summed E-state index contributed by atoms with van der Waals surface area (Å²) in [6.45, 7) is 6.53. The maximum atomic E-state index is 15.0. The molecule has 63 heavy (non-hydrogen) atoms. The molecule has 1 spiro atoms. The number of para-hydroxylation sites is 1. The van der Waals surface area contributed by atoms with Crippen molar-refractivity contribution >= 4 is 30.8 Å². The van der Waals surface area contributed by atoms with Crippen LogP contribution in [0.5, 0.6) is 5.75 Å². The highest BCUT2D eigenvalue weighted by Crippen LogP contribution is 2.70. The molecule has 7 atom stereocenters. The number of nitrogens with zero attached hydrogens (tertiary/aromatic N) is 4. The number of unbranched alkanes of at least 4 members (excludes halogenated alkanes) is 13. The van der Waals surface area contributed by atoms with E-state index in [1.165, 1.54) is 81.5 Å². The molecule has 2 aromatic heterocycles. The molecule has 4 heterocycles. The minimum absolute atomic E-state index is 0.0932. The van der Waals surface area contributed by atoms with Crippen LogP contribution in [0, 0.1) is 11.3 Å². The lowest BCUT2D eigenvalue weighted by atomic mass is 9.90. The van der Waals surface area contributed by atoms with Crippen LogP contribution in [0.25, 0.3) is 5.52 Å². The first-order chi connectivity index (χ1) is 30.5. The number of nitriles is 1. The van der Waals surface area contributed by atoms with Gasteiger partial charge in [-0.1, -0.05) is 144 Å². The summed E-state index contributed by atoms with van der Waals surface area (Å²) in [6.07, 6.45) is 15.3. The third-order valence-corrected chi connectivity index (χ3v) is 13.7. The summed E-state index contributed by atoms with van der Waals surface area (Å²) in [5, 5.41) is 15.4. The molecule has 3 fully saturated rings. The summed E-state index contributed by atoms with van der Waals surface area (Å²) in [5.41, 5.74) is 4.93. The van der Waals surface area contributed by atoms with Crippen molar-refractivity contribution in [1.82, 2.24) is 14.6 Å². The smallest absolute Gasteiger partial charge is 0.402 e. The van der Waals surface area contributed by atoms with Gasteiger partial charge in [0.05, 0.1) is 30.5 Å². The molecular weight excluding hydrogens is 845 g/mol. The third-order valence-electron chi connectivity index (χ3n) is 12.0. The van der Waals surface area contributed by atoms with E-state index in [4.69, 9.17) is 54.6 Å². The maximum Gasteiger partial charge on any atom is 0.530 e. The van der Waals surface area contributed by atoms with E-state index in [1.54, 1.807) is 50.2 Å². The number of phosphoric acid groups is 1. The van der Waals surface area contributed by atoms with Crippen LogP contribution >= 0.6 is 19.4 Å². The lowest BCUT2D eigenvalue weighted by Gasteiger charge is -2.31. The fraction of sp³-hybridized carbons (Fsp3) is 0.596. The van der Waals surface area contributed by atoms with Crippen molar-refractivity contribution in [3.8, 4) is 11.8 Å². The Hall–Kier alpha value is -3.61. The summed E-state index contributed by atoms with van der Waals surface area (Å²) in [6, 6.07) is 22.2. The highest BCUT2D eigenvalue weighted by atomic mass is 35.5. The lowest BCUT2D eigenvalue weighted by Crippen LogP contribution is -2.46. The maximum absolute atomic E-state index is 15.0. The van der Waals surface area contributed by atoms with Gasteiger partial charge in [-0.05, 0) is 50.1 Å². The predicted molar refractivity (Wildman–Crippen MR) is 239 cm³/mol. The summed E-state index contributed by atoms with van der Waals surface area (Å²) in [5.74, 6) is -0.852. The van der Waals surface area contributed by atoms with Gasteiger partial charge in [-0.15, -0.1) is 0 Å². The fourth-order valence-electron chi connectivity index (χ4n) is 8.75. The highest BCUT2D eigenvalue weighted by molar-refractivity contribution is 7.49. The number of rotatable bonds is 28. The number of ether oxygens (including phenoxy) is 5. The predicted octanol–water partition coefficient (Wildman–Crippen LogP) is 10.7. The van der Waals surface area contributed by atoms with Crippen LogP contribution in [0.15, 0.2) is 73.1 Å². The van der Waals surface area contributed by atoms with E-state index in [0.717, 1.165) is 24.8 Å². The zero-order valence-corrected chi connectivity index (χ0v) is 38.5. The second-order valence-corrected chi connectivity index (χ2v) is 19.2. The first-order valence-electron chi connectivity index (χ1n) is 22.7. The molecule has 14 nitrogen and oxygen atoms in total. The number of phosphoric ester groups is 1. The van der Waals surface area contributed by atoms with E-state index in [9.17, 15) is 9.83 Å². The topological polar surface area (TPSA) is 171 Å². The summed E-state index contributed by atoms with van der Waals surface area (Å²) >= 11 is 6.51. The molecule has 0 bridgehead atoms. The van der Waals surface area contributed by atoms with E-state index in [-0.39, 0.29) is 29.8 Å². The van der Waals surface area contributed by atoms with Crippen molar-refractivity contribution in [2.24, 2.45) is 0 Å². The molecule has 1 saturated carbocycles. The Bertz CT molecular complexity index is 2170. The number of fused-ring (bicyclic) bond motifs is 1. The van der Waals surface area contributed by atoms with Crippen LogP contribution in [0.1, 0.15) is 122 Å². The number of nitrogens with two attached hydrogens (primary N) is 1. The fourth-order valence-corrected chi connectivity index (χ4v) is 10.4. The molecule has 2 N–H and O–H groups in total. The minimum Gasteiger partial charge on any atom is -0.402 e. The van der Waals surface area contributed by atoms with Gasteiger partial charge in [-0.3, -0.25) is 9.05 Å². The molecule has 16 heteroatoms. The van der Waals surface area contributed by atoms with Crippen LogP contribution in [-0.4, -0.2) is 70.2 Å². The van der Waals surface area contributed by atoms with Gasteiger partial charge in [0.15, 0.2) is 17.2 Å². The van der Waals surface area contributed by atoms with Gasteiger partial charge in [0.1, 0.15) is 48.1 Å². The molecule has 2 aliphatic heterocycles. The number of anilines is 1. The molecule has 0 radical (unpaired) electrons. The Labute approximate surface area is 376 Å². The average molecular weight is 908 g/mol. The Morgan fingerprint density at radius 2 is 1.56 bits per heavy atom. The van der Waals surface area contributed by atoms with Gasteiger partial charge in [0, 0.05) is 6.61 Å². The highest BCUT2D eigenvalue weighted by Gasteiger charge is 2.89. The number of hydrogen-bond acceptors (Lipinski definition) is 13. The lowest BCUT2D eigenvalue weighted by molar-refractivity contribution is -0.188. The molecule has 1 aliphatic carbocycles. The number of halogens is 1. The normalized spacial score (nSPS) is 24.7. The SMILES string of the molecule is CCCCCCCCCCCCCCCCO[C@H](COCc1ccccc1)COP(=O)(Oc1ccccc1Cl)OC1[C@H]2O[C@@](C#N)(c3ccc4c(N)ncnn34)[C@@H]3OC(C)(C)O[C@]123. The first-order valence-corrected chi connectivity index (χ1v) is 24.5. The van der Waals surface area contributed by atoms with Crippen LogP contribution in [-0.2, 0) is 49.5 Å². The monoisotopic (exact) mass is 907 g/mol. The van der Waals surface area contributed by atoms with Gasteiger partial charge in [0.25, 0.3) is 0 Å². The van der Waals surface area contributed by atoms with Gasteiger partial charge in [-0.25, -0.2) is 14.1 Å². The second-order valence-electron chi connectivity index (χ2n) is 17.3. The Balaban J connectivity index is 0.996. The molecule has 342 valence electrons. The Kier molecular flexibility index (Phi) is 16.2. The van der Waals surface area contributed by atoms with Gasteiger partial charge in [0.2, 0.25) is 5.60 Å². The second kappa shape index (κ2) is 21.6. The zero-order chi connectivity index (χ0) is 44.3. The standard InChI is InChI=1S/C47H63ClN5O9P/c1-4-5-6-7-8-9-10-11-12-13-14-15-16-22-29-56-36(31-55-30-35-23-18-17-19-24-35)32-57-63(54,60-39-26-21-20-25-37(39)48)61-42-41-47(42)44(59-45(2,3)62-47)46(33-49,58-41)40-28-27-38-43(50)51-34-52-53(38)40/h17-21,23-28,34,36,41-42,44H,4-16,22,29-32H2,1-3H3,(H2,50,51,52)/t36-,41-,42?,44+,46+,47+,63?/m1/s1. The molecular formula is C47H63ClN5O9P. The molecule has 4 aromatic rings. The largest absolute Gasteiger partial charge is 0.530 e. The van der Waals surface area contributed by atoms with E-state index in [2.05, 4.69) is 23.1 Å². The molecule has 3 aliphatic rings. The zero-order valence-electron chi connectivity index (χ0n) is 36.8. The molecule has 7 rings (SSSR count). The number of benzene rings is 2. The van der Waals surface area contributed by atoms with Crippen molar-refractivity contribution in [2.45, 2.75) is 159 Å². The van der Waals surface area contributed by atoms with Crippen LogP contribution in [0.4, 0.5) is 5.82 Å². The van der Waals surface area contributed by atoms with E-state index in [0.29, 0.717) is 24.4 Å². The Morgan fingerprint density at radius 3 is 2.24 bits per heavy atom. The number of hydrogen-bond donors (Lipinski definition) is 1. The Morgan fingerprint density at radius 1 is 0.889 bits per heavy atom. The van der Waals surface area contributed by atoms with Crippen molar-refractivity contribution < 1.29 is 41.8 Å². The summed E-state index contributed by atoms with van der Waals surface area (Å²) < 4.78 is 67.0. The third kappa shape index (κ3) is 11.3. The number of nitrogen functional groups attached to an aromatic ring is 1. The quantitative estimate of drug-likeness (QED) is 0.0422. The van der Waals surface area contributed by atoms with Crippen LogP contribution in [0.3, 0.4) is 0 Å². The summed E-state index contributed by atoms with van der Waals surface area (Å²) in [4.78, 5) is 4.07. The van der Waals surface area contributed by atoms with Gasteiger partial charge >= 0.3 is 7.82 Å². The van der Waals surface area contributed by atoms with Crippen LogP contribution < -0.4 is 10.3 Å². The van der Waals surface area contributed by atoms with E-state index >= 15 is 0 Å². The number of aromatic nitrogens is 3. The van der Waals surface area contributed by atoms with Crippen molar-refractivity contribution in [3.63, 3.8) is 0 Å². The van der Waals surface area contributed by atoms with Gasteiger partial charge in [-0.2, -0.15) is 10.4 Å². The van der Waals surface area contributed by atoms with Crippen LogP contribution in [0.2, 0.25) is 5.02 Å².